The second kappa shape index (κ2) is 5.98. The van der Waals surface area contributed by atoms with Gasteiger partial charge in [0, 0.05) is 10.3 Å². The van der Waals surface area contributed by atoms with Crippen molar-refractivity contribution in [2.75, 3.05) is 14.2 Å². The molecule has 0 atom stereocenters. The van der Waals surface area contributed by atoms with Gasteiger partial charge in [0.1, 0.15) is 11.6 Å². The predicted molar refractivity (Wildman–Crippen MR) is 65.9 cm³/mol. The number of hydrogen-bond acceptors (Lipinski definition) is 6. The molecule has 0 spiro atoms. The standard InChI is InChI=1S/C12H11NO4S/c1-7(9(5-13)12(15)17-3)10-4-8(6-18-10)11(14)16-2/h4,6H,1-3H3/b9-7+. The van der Waals surface area contributed by atoms with Gasteiger partial charge in [0.2, 0.25) is 0 Å². The Hall–Kier alpha value is -2.13. The van der Waals surface area contributed by atoms with Crippen molar-refractivity contribution in [1.29, 1.82) is 5.26 Å². The molecule has 1 aromatic rings. The molecule has 5 nitrogen and oxygen atoms in total. The van der Waals surface area contributed by atoms with Gasteiger partial charge in [-0.1, -0.05) is 0 Å². The van der Waals surface area contributed by atoms with E-state index in [1.165, 1.54) is 25.6 Å². The second-order valence-corrected chi connectivity index (χ2v) is 4.21. The van der Waals surface area contributed by atoms with Gasteiger partial charge in [0.05, 0.1) is 19.8 Å². The van der Waals surface area contributed by atoms with Crippen LogP contribution in [0.25, 0.3) is 5.57 Å². The Kier molecular flexibility index (Phi) is 4.63. The van der Waals surface area contributed by atoms with E-state index in [1.807, 2.05) is 0 Å². The molecule has 0 N–H and O–H groups in total. The molecule has 0 amide bonds. The average Bonchev–Trinajstić information content (AvgIpc) is 2.87. The molecule has 1 heterocycles. The Morgan fingerprint density at radius 3 is 2.50 bits per heavy atom. The highest BCUT2D eigenvalue weighted by Gasteiger charge is 2.17. The highest BCUT2D eigenvalue weighted by molar-refractivity contribution is 7.11. The molecule has 0 saturated heterocycles. The molecule has 0 unspecified atom stereocenters. The Morgan fingerprint density at radius 2 is 2.00 bits per heavy atom. The fraction of sp³-hybridized carbons (Fsp3) is 0.250. The monoisotopic (exact) mass is 265 g/mol. The number of allylic oxidation sites excluding steroid dienone is 1. The normalized spacial score (nSPS) is 11.2. The molecule has 0 aromatic carbocycles. The Balaban J connectivity index is 3.18. The number of nitrogens with zero attached hydrogens (tertiary/aromatic N) is 1. The second-order valence-electron chi connectivity index (χ2n) is 3.29. The molecular weight excluding hydrogens is 254 g/mol. The summed E-state index contributed by atoms with van der Waals surface area (Å²) in [5.74, 6) is -1.15. The lowest BCUT2D eigenvalue weighted by Gasteiger charge is -2.01. The van der Waals surface area contributed by atoms with Gasteiger partial charge >= 0.3 is 11.9 Å². The number of thiophene rings is 1. The van der Waals surface area contributed by atoms with E-state index in [1.54, 1.807) is 24.4 Å². The molecule has 6 heteroatoms. The van der Waals surface area contributed by atoms with Gasteiger partial charge < -0.3 is 9.47 Å². The topological polar surface area (TPSA) is 76.4 Å². The zero-order chi connectivity index (χ0) is 13.7. The van der Waals surface area contributed by atoms with E-state index < -0.39 is 11.9 Å². The zero-order valence-electron chi connectivity index (χ0n) is 10.1. The van der Waals surface area contributed by atoms with Gasteiger partial charge in [-0.25, -0.2) is 9.59 Å². The zero-order valence-corrected chi connectivity index (χ0v) is 11.0. The minimum atomic E-state index is -0.692. The number of nitriles is 1. The van der Waals surface area contributed by atoms with E-state index in [-0.39, 0.29) is 5.57 Å². The third kappa shape index (κ3) is 2.76. The first-order valence-electron chi connectivity index (χ1n) is 4.91. The lowest BCUT2D eigenvalue weighted by molar-refractivity contribution is -0.135. The number of esters is 2. The van der Waals surface area contributed by atoms with Gasteiger partial charge in [-0.2, -0.15) is 5.26 Å². The van der Waals surface area contributed by atoms with Gasteiger partial charge in [-0.15, -0.1) is 11.3 Å². The fourth-order valence-corrected chi connectivity index (χ4v) is 2.16. The first-order valence-corrected chi connectivity index (χ1v) is 5.79. The van der Waals surface area contributed by atoms with E-state index in [0.29, 0.717) is 16.0 Å². The van der Waals surface area contributed by atoms with Crippen LogP contribution in [0.15, 0.2) is 17.0 Å². The summed E-state index contributed by atoms with van der Waals surface area (Å²) in [5.41, 5.74) is 0.791. The van der Waals surface area contributed by atoms with Crippen LogP contribution in [-0.4, -0.2) is 26.2 Å². The molecule has 0 aliphatic heterocycles. The summed E-state index contributed by atoms with van der Waals surface area (Å²) in [6, 6.07) is 3.37. The van der Waals surface area contributed by atoms with Crippen LogP contribution in [0, 0.1) is 11.3 Å². The van der Waals surface area contributed by atoms with Crippen LogP contribution >= 0.6 is 11.3 Å². The predicted octanol–water partition coefficient (Wildman–Crippen LogP) is 2.00. The number of methoxy groups -OCH3 is 2. The van der Waals surface area contributed by atoms with Gasteiger partial charge in [0.25, 0.3) is 0 Å². The largest absolute Gasteiger partial charge is 0.465 e. The highest BCUT2D eigenvalue weighted by Crippen LogP contribution is 2.26. The van der Waals surface area contributed by atoms with Crippen molar-refractivity contribution in [2.24, 2.45) is 0 Å². The Labute approximate surface area is 108 Å². The molecule has 0 aliphatic carbocycles. The quantitative estimate of drug-likeness (QED) is 0.474. The molecule has 0 aliphatic rings. The highest BCUT2D eigenvalue weighted by atomic mass is 32.1. The van der Waals surface area contributed by atoms with Crippen LogP contribution in [0.2, 0.25) is 0 Å². The van der Waals surface area contributed by atoms with Gasteiger partial charge in [-0.3, -0.25) is 0 Å². The van der Waals surface area contributed by atoms with Crippen LogP contribution in [0.1, 0.15) is 22.2 Å². The molecule has 0 saturated carbocycles. The van der Waals surface area contributed by atoms with Crippen LogP contribution in [0.4, 0.5) is 0 Å². The summed E-state index contributed by atoms with van der Waals surface area (Å²) in [6.45, 7) is 1.63. The summed E-state index contributed by atoms with van der Waals surface area (Å²) < 4.78 is 9.09. The van der Waals surface area contributed by atoms with E-state index in [2.05, 4.69) is 9.47 Å². The first-order chi connectivity index (χ1) is 8.54. The van der Waals surface area contributed by atoms with Crippen LogP contribution in [-0.2, 0) is 14.3 Å². The van der Waals surface area contributed by atoms with Crippen LogP contribution < -0.4 is 0 Å². The maximum Gasteiger partial charge on any atom is 0.348 e. The van der Waals surface area contributed by atoms with Gasteiger partial charge in [0.15, 0.2) is 0 Å². The lowest BCUT2D eigenvalue weighted by atomic mass is 10.1. The van der Waals surface area contributed by atoms with Crippen molar-refractivity contribution in [1.82, 2.24) is 0 Å². The van der Waals surface area contributed by atoms with E-state index in [0.717, 1.165) is 0 Å². The molecule has 0 bridgehead atoms. The smallest absolute Gasteiger partial charge is 0.348 e. The summed E-state index contributed by atoms with van der Waals surface area (Å²) in [6.07, 6.45) is 0. The van der Waals surface area contributed by atoms with Crippen molar-refractivity contribution >= 4 is 28.8 Å². The molecular formula is C12H11NO4S. The van der Waals surface area contributed by atoms with E-state index in [4.69, 9.17) is 5.26 Å². The van der Waals surface area contributed by atoms with Crippen molar-refractivity contribution in [3.8, 4) is 6.07 Å². The third-order valence-corrected chi connectivity index (χ3v) is 3.32. The minimum Gasteiger partial charge on any atom is -0.465 e. The van der Waals surface area contributed by atoms with Crippen molar-refractivity contribution < 1.29 is 19.1 Å². The van der Waals surface area contributed by atoms with Crippen molar-refractivity contribution in [2.45, 2.75) is 6.92 Å². The van der Waals surface area contributed by atoms with E-state index in [9.17, 15) is 9.59 Å². The number of ether oxygens (including phenoxy) is 2. The summed E-state index contributed by atoms with van der Waals surface area (Å²) in [5, 5.41) is 10.5. The Morgan fingerprint density at radius 1 is 1.33 bits per heavy atom. The van der Waals surface area contributed by atoms with Crippen LogP contribution in [0.5, 0.6) is 0 Å². The van der Waals surface area contributed by atoms with Crippen molar-refractivity contribution in [3.63, 3.8) is 0 Å². The fourth-order valence-electron chi connectivity index (χ4n) is 1.27. The minimum absolute atomic E-state index is 0.0734. The summed E-state index contributed by atoms with van der Waals surface area (Å²) >= 11 is 1.26. The van der Waals surface area contributed by atoms with Crippen molar-refractivity contribution in [3.05, 3.63) is 27.5 Å². The maximum atomic E-state index is 11.4. The average molecular weight is 265 g/mol. The molecule has 1 aromatic heterocycles. The molecule has 0 radical (unpaired) electrons. The summed E-state index contributed by atoms with van der Waals surface area (Å²) in [7, 11) is 2.50. The number of hydrogen-bond donors (Lipinski definition) is 0. The summed E-state index contributed by atoms with van der Waals surface area (Å²) in [4.78, 5) is 23.3. The molecule has 18 heavy (non-hydrogen) atoms. The molecule has 0 fully saturated rings. The third-order valence-electron chi connectivity index (χ3n) is 2.27. The van der Waals surface area contributed by atoms with E-state index >= 15 is 0 Å². The molecule has 94 valence electrons. The molecule has 1 rings (SSSR count). The number of carbonyl (C=O) groups is 2. The maximum absolute atomic E-state index is 11.4. The van der Waals surface area contributed by atoms with Gasteiger partial charge in [-0.05, 0) is 18.6 Å². The SMILES string of the molecule is COC(=O)/C(C#N)=C(\C)c1cc(C(=O)OC)cs1. The lowest BCUT2D eigenvalue weighted by Crippen LogP contribution is -2.04. The Bertz CT molecular complexity index is 551. The number of carbonyl (C=O) groups excluding carboxylic acids is 2. The first kappa shape index (κ1) is 13.9. The van der Waals surface area contributed by atoms with Crippen LogP contribution in [0.3, 0.4) is 0 Å². The number of rotatable bonds is 3.